The Bertz CT molecular complexity index is 648. The number of aromatic nitrogens is 3. The highest BCUT2D eigenvalue weighted by molar-refractivity contribution is 5.76. The fraction of sp³-hybridized carbons (Fsp3) is 0.529. The Kier molecular flexibility index (Phi) is 4.69. The quantitative estimate of drug-likeness (QED) is 0.916. The van der Waals surface area contributed by atoms with Crippen molar-refractivity contribution in [1.29, 1.82) is 0 Å². The maximum Gasteiger partial charge on any atom is 0.252 e. The molecular weight excluding hydrogens is 292 g/mol. The zero-order valence-corrected chi connectivity index (χ0v) is 13.4. The van der Waals surface area contributed by atoms with E-state index < -0.39 is 5.54 Å². The summed E-state index contributed by atoms with van der Waals surface area (Å²) in [6.07, 6.45) is 9.73. The molecule has 1 aliphatic rings. The minimum absolute atomic E-state index is 0.0514. The van der Waals surface area contributed by atoms with E-state index in [0.29, 0.717) is 18.1 Å². The van der Waals surface area contributed by atoms with Gasteiger partial charge in [0.1, 0.15) is 5.54 Å². The molecule has 23 heavy (non-hydrogen) atoms. The summed E-state index contributed by atoms with van der Waals surface area (Å²) in [7, 11) is 0. The minimum Gasteiger partial charge on any atom is -0.342 e. The van der Waals surface area contributed by atoms with Gasteiger partial charge in [-0.15, -0.1) is 0 Å². The van der Waals surface area contributed by atoms with Crippen molar-refractivity contribution in [2.24, 2.45) is 0 Å². The van der Waals surface area contributed by atoms with E-state index in [2.05, 4.69) is 20.4 Å². The van der Waals surface area contributed by atoms with Crippen LogP contribution in [0.2, 0.25) is 0 Å². The molecule has 122 valence electrons. The first-order valence-corrected chi connectivity index (χ1v) is 8.29. The van der Waals surface area contributed by atoms with E-state index in [-0.39, 0.29) is 5.91 Å². The molecule has 0 saturated heterocycles. The Morgan fingerprint density at radius 1 is 1.35 bits per heavy atom. The van der Waals surface area contributed by atoms with E-state index >= 15 is 0 Å². The smallest absolute Gasteiger partial charge is 0.252 e. The molecule has 0 aliphatic heterocycles. The highest BCUT2D eigenvalue weighted by Crippen LogP contribution is 2.37. The second-order valence-electron chi connectivity index (χ2n) is 6.11. The number of hydrogen-bond donors (Lipinski definition) is 1. The molecule has 3 rings (SSSR count). The van der Waals surface area contributed by atoms with E-state index in [4.69, 9.17) is 4.52 Å². The lowest BCUT2D eigenvalue weighted by atomic mass is 9.81. The van der Waals surface area contributed by atoms with Gasteiger partial charge in [0.05, 0.1) is 0 Å². The Labute approximate surface area is 135 Å². The van der Waals surface area contributed by atoms with Gasteiger partial charge >= 0.3 is 0 Å². The second kappa shape index (κ2) is 6.89. The maximum absolute atomic E-state index is 12.2. The molecule has 1 fully saturated rings. The van der Waals surface area contributed by atoms with Gasteiger partial charge in [-0.3, -0.25) is 9.78 Å². The van der Waals surface area contributed by atoms with Crippen LogP contribution < -0.4 is 5.32 Å². The fourth-order valence-corrected chi connectivity index (χ4v) is 3.13. The Morgan fingerprint density at radius 3 is 2.87 bits per heavy atom. The number of nitrogens with one attached hydrogen (secondary N) is 1. The van der Waals surface area contributed by atoms with Gasteiger partial charge in [-0.05, 0) is 31.4 Å². The lowest BCUT2D eigenvalue weighted by Gasteiger charge is -2.34. The van der Waals surface area contributed by atoms with Crippen molar-refractivity contribution in [3.63, 3.8) is 0 Å². The third kappa shape index (κ3) is 3.41. The van der Waals surface area contributed by atoms with Crippen LogP contribution in [0.1, 0.15) is 57.8 Å². The third-order valence-corrected chi connectivity index (χ3v) is 4.32. The van der Waals surface area contributed by atoms with Crippen molar-refractivity contribution in [3.05, 3.63) is 30.4 Å². The summed E-state index contributed by atoms with van der Waals surface area (Å²) in [4.78, 5) is 20.8. The van der Waals surface area contributed by atoms with Crippen molar-refractivity contribution in [3.8, 4) is 11.4 Å². The van der Waals surface area contributed by atoms with Gasteiger partial charge in [-0.25, -0.2) is 0 Å². The zero-order valence-electron chi connectivity index (χ0n) is 13.4. The summed E-state index contributed by atoms with van der Waals surface area (Å²) in [5.41, 5.74) is 0.297. The first-order chi connectivity index (χ1) is 11.2. The van der Waals surface area contributed by atoms with Crippen LogP contribution in [0.25, 0.3) is 11.4 Å². The van der Waals surface area contributed by atoms with Crippen molar-refractivity contribution >= 4 is 5.91 Å². The Hall–Kier alpha value is -2.24. The molecule has 2 heterocycles. The van der Waals surface area contributed by atoms with E-state index in [9.17, 15) is 4.79 Å². The minimum atomic E-state index is -0.516. The maximum atomic E-state index is 12.2. The van der Waals surface area contributed by atoms with Crippen LogP contribution >= 0.6 is 0 Å². The molecule has 0 atom stereocenters. The summed E-state index contributed by atoms with van der Waals surface area (Å²) in [5, 5.41) is 7.25. The predicted molar refractivity (Wildman–Crippen MR) is 85.3 cm³/mol. The first kappa shape index (κ1) is 15.6. The largest absolute Gasteiger partial charge is 0.342 e. The fourth-order valence-electron chi connectivity index (χ4n) is 3.13. The number of rotatable bonds is 5. The molecule has 1 N–H and O–H groups in total. The number of nitrogens with zero attached hydrogens (tertiary/aromatic N) is 3. The third-order valence-electron chi connectivity index (χ3n) is 4.32. The lowest BCUT2D eigenvalue weighted by Crippen LogP contribution is -2.47. The first-order valence-electron chi connectivity index (χ1n) is 8.29. The van der Waals surface area contributed by atoms with Gasteiger partial charge in [-0.1, -0.05) is 31.3 Å². The average Bonchev–Trinajstić information content (AvgIpc) is 3.07. The van der Waals surface area contributed by atoms with Crippen molar-refractivity contribution in [1.82, 2.24) is 20.4 Å². The monoisotopic (exact) mass is 314 g/mol. The summed E-state index contributed by atoms with van der Waals surface area (Å²) in [6.45, 7) is 2.00. The Balaban J connectivity index is 1.88. The van der Waals surface area contributed by atoms with Crippen LogP contribution in [-0.4, -0.2) is 21.0 Å². The topological polar surface area (TPSA) is 80.9 Å². The van der Waals surface area contributed by atoms with Crippen LogP contribution in [0.3, 0.4) is 0 Å². The number of hydrogen-bond acceptors (Lipinski definition) is 5. The molecule has 2 aromatic heterocycles. The lowest BCUT2D eigenvalue weighted by molar-refractivity contribution is -0.124. The second-order valence-corrected chi connectivity index (χ2v) is 6.11. The molecule has 0 spiro atoms. The van der Waals surface area contributed by atoms with Gasteiger partial charge in [0.25, 0.3) is 5.89 Å². The van der Waals surface area contributed by atoms with E-state index in [1.807, 2.05) is 19.1 Å². The molecule has 6 nitrogen and oxygen atoms in total. The number of carbonyl (C=O) groups is 1. The molecule has 0 unspecified atom stereocenters. The van der Waals surface area contributed by atoms with Gasteiger partial charge < -0.3 is 9.84 Å². The van der Waals surface area contributed by atoms with Crippen LogP contribution in [0.5, 0.6) is 0 Å². The van der Waals surface area contributed by atoms with Crippen LogP contribution in [0.4, 0.5) is 0 Å². The summed E-state index contributed by atoms with van der Waals surface area (Å²) in [6, 6.07) is 3.73. The molecule has 1 saturated carbocycles. The number of pyridine rings is 1. The van der Waals surface area contributed by atoms with Gasteiger partial charge in [0, 0.05) is 24.4 Å². The molecule has 1 amide bonds. The van der Waals surface area contributed by atoms with Gasteiger partial charge in [0.2, 0.25) is 11.7 Å². The molecule has 2 aromatic rings. The predicted octanol–water partition coefficient (Wildman–Crippen LogP) is 3.21. The number of carbonyl (C=O) groups excluding carboxylic acids is 1. The number of amides is 1. The normalized spacial score (nSPS) is 16.9. The Morgan fingerprint density at radius 2 is 2.17 bits per heavy atom. The van der Waals surface area contributed by atoms with Gasteiger partial charge in [0.15, 0.2) is 0 Å². The standard InChI is InChI=1S/C17H22N4O2/c1-2-7-14(22)20-17(9-4-3-5-10-17)16-19-15(21-23-16)13-8-6-11-18-12-13/h6,8,11-12H,2-5,7,9-10H2,1H3,(H,20,22). The van der Waals surface area contributed by atoms with E-state index in [1.54, 1.807) is 12.4 Å². The molecule has 0 aromatic carbocycles. The molecular formula is C17H22N4O2. The van der Waals surface area contributed by atoms with Crippen LogP contribution in [0.15, 0.2) is 29.0 Å². The molecule has 6 heteroatoms. The van der Waals surface area contributed by atoms with Crippen LogP contribution in [0, 0.1) is 0 Å². The summed E-state index contributed by atoms with van der Waals surface area (Å²) < 4.78 is 5.54. The molecule has 0 radical (unpaired) electrons. The van der Waals surface area contributed by atoms with Crippen molar-refractivity contribution < 1.29 is 9.32 Å². The highest BCUT2D eigenvalue weighted by Gasteiger charge is 2.40. The van der Waals surface area contributed by atoms with Crippen molar-refractivity contribution in [2.45, 2.75) is 57.4 Å². The van der Waals surface area contributed by atoms with Gasteiger partial charge in [-0.2, -0.15) is 4.98 Å². The van der Waals surface area contributed by atoms with E-state index in [1.165, 1.54) is 6.42 Å². The van der Waals surface area contributed by atoms with Crippen LogP contribution in [-0.2, 0) is 10.3 Å². The zero-order chi connectivity index (χ0) is 16.1. The molecule has 1 aliphatic carbocycles. The highest BCUT2D eigenvalue weighted by atomic mass is 16.5. The SMILES string of the molecule is CCCC(=O)NC1(c2nc(-c3cccnc3)no2)CCCCC1. The van der Waals surface area contributed by atoms with E-state index in [0.717, 1.165) is 37.7 Å². The summed E-state index contributed by atoms with van der Waals surface area (Å²) in [5.74, 6) is 1.08. The molecule has 0 bridgehead atoms. The summed E-state index contributed by atoms with van der Waals surface area (Å²) >= 11 is 0. The average molecular weight is 314 g/mol. The van der Waals surface area contributed by atoms with Crippen molar-refractivity contribution in [2.75, 3.05) is 0 Å².